The van der Waals surface area contributed by atoms with Gasteiger partial charge < -0.3 is 10.6 Å². The molecular weight excluding hydrogens is 714 g/mol. The Balaban J connectivity index is 1.01. The van der Waals surface area contributed by atoms with E-state index >= 15 is 4.39 Å². The van der Waals surface area contributed by atoms with Crippen LogP contribution in [0.5, 0.6) is 0 Å². The average Bonchev–Trinajstić information content (AvgIpc) is 3.87. The fraction of sp³-hybridized carbons (Fsp3) is 0.104. The van der Waals surface area contributed by atoms with E-state index < -0.39 is 17.2 Å². The number of halogens is 1. The lowest BCUT2D eigenvalue weighted by Crippen LogP contribution is -2.38. The molecule has 8 heteroatoms. The van der Waals surface area contributed by atoms with Crippen LogP contribution in [0.25, 0.3) is 0 Å². The molecule has 0 radical (unpaired) electrons. The van der Waals surface area contributed by atoms with Crippen molar-refractivity contribution in [3.63, 3.8) is 0 Å². The van der Waals surface area contributed by atoms with Gasteiger partial charge in [-0.05, 0) is 33.4 Å². The molecule has 276 valence electrons. The quantitative estimate of drug-likeness (QED) is 0.109. The Morgan fingerprint density at radius 2 is 0.982 bits per heavy atom. The number of nitrogens with zero attached hydrogens (tertiary/aromatic N) is 3. The monoisotopic (exact) mass is 753 g/mol. The number of hydrogen-bond acceptors (Lipinski definition) is 5. The first kappa shape index (κ1) is 36.3. The summed E-state index contributed by atoms with van der Waals surface area (Å²) in [6, 6.07) is 60.8. The lowest BCUT2D eigenvalue weighted by Gasteiger charge is -2.37. The predicted octanol–water partition coefficient (Wildman–Crippen LogP) is 9.62. The van der Waals surface area contributed by atoms with Gasteiger partial charge >= 0.3 is 0 Å². The summed E-state index contributed by atoms with van der Waals surface area (Å²) >= 11 is 1.47. The third-order valence-electron chi connectivity index (χ3n) is 10.2. The van der Waals surface area contributed by atoms with Crippen LogP contribution in [-0.4, -0.2) is 27.0 Å². The molecule has 8 rings (SSSR count). The molecule has 6 aromatic carbocycles. The lowest BCUT2D eigenvalue weighted by molar-refractivity contribution is -0.120. The molecule has 2 aromatic heterocycles. The van der Waals surface area contributed by atoms with Gasteiger partial charge in [0.25, 0.3) is 6.08 Å². The molecule has 2 N–H and O–H groups in total. The summed E-state index contributed by atoms with van der Waals surface area (Å²) in [6.07, 6.45) is 1.62. The van der Waals surface area contributed by atoms with Crippen molar-refractivity contribution in [2.24, 2.45) is 0 Å². The van der Waals surface area contributed by atoms with Crippen LogP contribution in [0, 0.1) is 6.08 Å². The van der Waals surface area contributed by atoms with Crippen molar-refractivity contribution < 1.29 is 9.18 Å². The molecule has 0 atom stereocenters. The second-order valence-electron chi connectivity index (χ2n) is 13.6. The molecule has 8 aromatic rings. The van der Waals surface area contributed by atoms with Crippen molar-refractivity contribution in [1.29, 1.82) is 0 Å². The molecule has 0 fully saturated rings. The molecule has 0 unspecified atom stereocenters. The second-order valence-corrected chi connectivity index (χ2v) is 14.4. The third-order valence-corrected chi connectivity index (χ3v) is 11.0. The zero-order valence-electron chi connectivity index (χ0n) is 30.6. The molecule has 2 heterocycles. The number of carbonyl (C=O) groups is 1. The number of hydrogen-bond donors (Lipinski definition) is 2. The molecule has 56 heavy (non-hydrogen) atoms. The maximum Gasteiger partial charge on any atom is 0.290 e. The van der Waals surface area contributed by atoms with Crippen LogP contribution < -0.4 is 10.6 Å². The maximum absolute atomic E-state index is 16.2. The van der Waals surface area contributed by atoms with Crippen molar-refractivity contribution >= 4 is 22.4 Å². The van der Waals surface area contributed by atoms with Crippen molar-refractivity contribution in [3.05, 3.63) is 244 Å². The van der Waals surface area contributed by atoms with Crippen LogP contribution in [-0.2, 0) is 28.7 Å². The zero-order valence-corrected chi connectivity index (χ0v) is 31.4. The van der Waals surface area contributed by atoms with Gasteiger partial charge in [-0.25, -0.2) is 9.97 Å². The van der Waals surface area contributed by atoms with Crippen LogP contribution in [0.15, 0.2) is 194 Å². The Morgan fingerprint density at radius 1 is 0.571 bits per heavy atom. The highest BCUT2D eigenvalue weighted by Gasteiger charge is 2.41. The molecule has 0 spiro atoms. The minimum Gasteiger partial charge on any atom is -0.355 e. The molecule has 1 amide bonds. The van der Waals surface area contributed by atoms with E-state index in [9.17, 15) is 4.79 Å². The standard InChI is InChI=1S/C48H40FN5OS/c49-45-51-42(34-54(45)48(39-25-13-4-14-26-39,40-27-15-5-16-28-40)41-29-17-6-18-30-41)31-32-50-44(55)33-43-35-56-46(52-43)53-47(36-19-7-1-8-20-36,37-21-9-2-10-22-37)38-23-11-3-12-24-38/h1-30,34-35H,31-33H2,(H,50,55)(H,52,53). The van der Waals surface area contributed by atoms with Crippen LogP contribution >= 0.6 is 11.3 Å². The highest BCUT2D eigenvalue weighted by Crippen LogP contribution is 2.42. The maximum atomic E-state index is 16.2. The zero-order chi connectivity index (χ0) is 38.2. The molecule has 6 nitrogen and oxygen atoms in total. The molecule has 0 aliphatic heterocycles. The topological polar surface area (TPSA) is 71.8 Å². The van der Waals surface area contributed by atoms with Gasteiger partial charge in [0, 0.05) is 24.5 Å². The Bertz CT molecular complexity index is 2280. The first-order chi connectivity index (χ1) is 27.6. The van der Waals surface area contributed by atoms with Gasteiger partial charge in [0.2, 0.25) is 5.91 Å². The number of carbonyl (C=O) groups excluding carboxylic acids is 1. The first-order valence-electron chi connectivity index (χ1n) is 18.6. The van der Waals surface area contributed by atoms with Crippen LogP contribution in [0.2, 0.25) is 0 Å². The molecule has 0 saturated heterocycles. The van der Waals surface area contributed by atoms with Crippen LogP contribution in [0.1, 0.15) is 44.8 Å². The van der Waals surface area contributed by atoms with Crippen LogP contribution in [0.3, 0.4) is 0 Å². The summed E-state index contributed by atoms with van der Waals surface area (Å²) < 4.78 is 17.9. The molecule has 0 bridgehead atoms. The van der Waals surface area contributed by atoms with E-state index in [1.165, 1.54) is 11.3 Å². The number of imidazole rings is 1. The highest BCUT2D eigenvalue weighted by molar-refractivity contribution is 7.13. The lowest BCUT2D eigenvalue weighted by atomic mass is 9.76. The van der Waals surface area contributed by atoms with Gasteiger partial charge in [0.1, 0.15) is 11.1 Å². The van der Waals surface area contributed by atoms with Crippen molar-refractivity contribution in [2.75, 3.05) is 11.9 Å². The number of thiazole rings is 1. The summed E-state index contributed by atoms with van der Waals surface area (Å²) in [5.41, 5.74) is 5.37. The number of benzene rings is 6. The summed E-state index contributed by atoms with van der Waals surface area (Å²) in [6.45, 7) is 0.290. The Kier molecular flexibility index (Phi) is 10.6. The number of anilines is 1. The van der Waals surface area contributed by atoms with E-state index in [1.54, 1.807) is 10.8 Å². The molecule has 0 aliphatic carbocycles. The Hall–Kier alpha value is -6.64. The van der Waals surface area contributed by atoms with E-state index in [1.807, 2.05) is 151 Å². The fourth-order valence-corrected chi connectivity index (χ4v) is 8.42. The Morgan fingerprint density at radius 3 is 1.41 bits per heavy atom. The smallest absolute Gasteiger partial charge is 0.290 e. The Labute approximate surface area is 330 Å². The van der Waals surface area contributed by atoms with Crippen molar-refractivity contribution in [3.8, 4) is 0 Å². The van der Waals surface area contributed by atoms with Crippen LogP contribution in [0.4, 0.5) is 9.52 Å². The van der Waals surface area contributed by atoms with Gasteiger partial charge in [-0.1, -0.05) is 182 Å². The van der Waals surface area contributed by atoms with Gasteiger partial charge in [-0.15, -0.1) is 11.3 Å². The van der Waals surface area contributed by atoms with E-state index in [0.29, 0.717) is 29.5 Å². The van der Waals surface area contributed by atoms with Gasteiger partial charge in [0.15, 0.2) is 5.13 Å². The van der Waals surface area contributed by atoms with Crippen molar-refractivity contribution in [2.45, 2.75) is 23.9 Å². The number of aromatic nitrogens is 3. The van der Waals surface area contributed by atoms with E-state index in [0.717, 1.165) is 33.4 Å². The molecular formula is C48H40FN5OS. The summed E-state index contributed by atoms with van der Waals surface area (Å²) in [4.78, 5) is 22.5. The largest absolute Gasteiger partial charge is 0.355 e. The number of nitrogens with one attached hydrogen (secondary N) is 2. The number of amides is 1. The number of rotatable bonds is 14. The van der Waals surface area contributed by atoms with E-state index in [-0.39, 0.29) is 12.3 Å². The second kappa shape index (κ2) is 16.4. The van der Waals surface area contributed by atoms with E-state index in [2.05, 4.69) is 52.0 Å². The van der Waals surface area contributed by atoms with Gasteiger partial charge in [-0.3, -0.25) is 9.36 Å². The molecule has 0 saturated carbocycles. The fourth-order valence-electron chi connectivity index (χ4n) is 7.66. The summed E-state index contributed by atoms with van der Waals surface area (Å²) in [7, 11) is 0. The van der Waals surface area contributed by atoms with Gasteiger partial charge in [0.05, 0.1) is 17.8 Å². The normalized spacial score (nSPS) is 11.6. The van der Waals surface area contributed by atoms with E-state index in [4.69, 9.17) is 4.98 Å². The average molecular weight is 754 g/mol. The first-order valence-corrected chi connectivity index (χ1v) is 19.5. The minimum atomic E-state index is -1.02. The molecule has 0 aliphatic rings. The van der Waals surface area contributed by atoms with Gasteiger partial charge in [-0.2, -0.15) is 4.39 Å². The SMILES string of the molecule is O=C(Cc1csc(NC(c2ccccc2)(c2ccccc2)c2ccccc2)n1)NCCc1cn(C(c2ccccc2)(c2ccccc2)c2ccccc2)c(F)n1. The predicted molar refractivity (Wildman–Crippen MR) is 222 cm³/mol. The third kappa shape index (κ3) is 7.14. The highest BCUT2D eigenvalue weighted by atomic mass is 32.1. The summed E-state index contributed by atoms with van der Waals surface area (Å²) in [5, 5.41) is 9.41. The summed E-state index contributed by atoms with van der Waals surface area (Å²) in [5.74, 6) is -0.172. The van der Waals surface area contributed by atoms with Crippen molar-refractivity contribution in [1.82, 2.24) is 19.9 Å². The minimum absolute atomic E-state index is 0.106.